The molecule has 0 aromatic heterocycles. The number of amides is 4. The lowest BCUT2D eigenvalue weighted by molar-refractivity contribution is -0.122. The Morgan fingerprint density at radius 2 is 1.67 bits per heavy atom. The molecule has 0 atom stereocenters. The highest BCUT2D eigenvalue weighted by Crippen LogP contribution is 2.24. The van der Waals surface area contributed by atoms with Crippen LogP contribution in [0.1, 0.15) is 5.56 Å². The molecule has 3 rings (SSSR count). The molecule has 120 valence electrons. The van der Waals surface area contributed by atoms with Gasteiger partial charge >= 0.3 is 6.03 Å². The maximum Gasteiger partial charge on any atom is 0.335 e. The molecule has 2 aromatic rings. The van der Waals surface area contributed by atoms with E-state index in [1.54, 1.807) is 24.3 Å². The summed E-state index contributed by atoms with van der Waals surface area (Å²) in [5.74, 6) is -2.05. The van der Waals surface area contributed by atoms with Gasteiger partial charge in [-0.15, -0.1) is 0 Å². The molecule has 0 spiro atoms. The van der Waals surface area contributed by atoms with Crippen LogP contribution in [0.3, 0.4) is 0 Å². The third kappa shape index (κ3) is 2.98. The zero-order chi connectivity index (χ0) is 17.3. The first-order chi connectivity index (χ1) is 11.5. The van der Waals surface area contributed by atoms with Crippen molar-refractivity contribution >= 4 is 45.5 Å². The molecule has 0 unspecified atom stereocenters. The molecule has 0 radical (unpaired) electrons. The zero-order valence-corrected chi connectivity index (χ0v) is 13.7. The fourth-order valence-corrected chi connectivity index (χ4v) is 2.63. The van der Waals surface area contributed by atoms with E-state index in [1.807, 2.05) is 0 Å². The topological polar surface area (TPSA) is 66.5 Å². The summed E-state index contributed by atoms with van der Waals surface area (Å²) in [5.41, 5.74) is 0.597. The second-order valence-electron chi connectivity index (χ2n) is 4.96. The van der Waals surface area contributed by atoms with E-state index >= 15 is 0 Å². The maximum atomic E-state index is 13.0. The molecule has 24 heavy (non-hydrogen) atoms. The fraction of sp³-hybridized carbons (Fsp3) is 0. The van der Waals surface area contributed by atoms with Crippen molar-refractivity contribution < 1.29 is 18.8 Å². The average molecular weight is 389 g/mol. The van der Waals surface area contributed by atoms with E-state index in [-0.39, 0.29) is 11.3 Å². The molecule has 1 saturated heterocycles. The van der Waals surface area contributed by atoms with E-state index in [1.165, 1.54) is 18.2 Å². The summed E-state index contributed by atoms with van der Waals surface area (Å²) in [4.78, 5) is 37.5. The lowest BCUT2D eigenvalue weighted by Gasteiger charge is -2.26. The van der Waals surface area contributed by atoms with Crippen LogP contribution in [0.25, 0.3) is 6.08 Å². The number of urea groups is 1. The van der Waals surface area contributed by atoms with E-state index in [2.05, 4.69) is 21.2 Å². The quantitative estimate of drug-likeness (QED) is 0.634. The predicted molar refractivity (Wildman–Crippen MR) is 89.5 cm³/mol. The van der Waals surface area contributed by atoms with E-state index in [0.29, 0.717) is 10.0 Å². The van der Waals surface area contributed by atoms with E-state index in [0.717, 1.165) is 17.0 Å². The van der Waals surface area contributed by atoms with Crippen LogP contribution in [0.5, 0.6) is 0 Å². The Kier molecular flexibility index (Phi) is 4.26. The van der Waals surface area contributed by atoms with Crippen LogP contribution >= 0.6 is 15.9 Å². The number of nitrogens with one attached hydrogen (secondary N) is 1. The zero-order valence-electron chi connectivity index (χ0n) is 12.1. The molecule has 1 heterocycles. The van der Waals surface area contributed by atoms with Gasteiger partial charge in [0.2, 0.25) is 0 Å². The molecule has 1 fully saturated rings. The number of halogens is 2. The summed E-state index contributed by atoms with van der Waals surface area (Å²) in [6, 6.07) is 11.0. The Morgan fingerprint density at radius 1 is 1.00 bits per heavy atom. The SMILES string of the molecule is O=C1NC(=O)N(c2ccc(F)cc2)C(=O)/C1=C\c1ccccc1Br. The van der Waals surface area contributed by atoms with Crippen LogP contribution in [-0.4, -0.2) is 17.8 Å². The minimum atomic E-state index is -0.874. The van der Waals surface area contributed by atoms with E-state index < -0.39 is 23.7 Å². The second kappa shape index (κ2) is 6.37. The number of nitrogens with zero attached hydrogens (tertiary/aromatic N) is 1. The van der Waals surface area contributed by atoms with Crippen LogP contribution in [0, 0.1) is 5.82 Å². The summed E-state index contributed by atoms with van der Waals surface area (Å²) < 4.78 is 13.7. The lowest BCUT2D eigenvalue weighted by atomic mass is 10.1. The smallest absolute Gasteiger partial charge is 0.273 e. The minimum absolute atomic E-state index is 0.171. The van der Waals surface area contributed by atoms with Gasteiger partial charge in [-0.3, -0.25) is 14.9 Å². The Hall–Kier alpha value is -2.80. The van der Waals surface area contributed by atoms with Crippen molar-refractivity contribution in [2.24, 2.45) is 0 Å². The highest BCUT2D eigenvalue weighted by molar-refractivity contribution is 9.10. The molecule has 1 aliphatic rings. The summed E-state index contributed by atoms with van der Waals surface area (Å²) in [5, 5.41) is 2.11. The van der Waals surface area contributed by atoms with Crippen molar-refractivity contribution in [2.45, 2.75) is 0 Å². The van der Waals surface area contributed by atoms with Crippen molar-refractivity contribution in [2.75, 3.05) is 4.90 Å². The second-order valence-corrected chi connectivity index (χ2v) is 5.81. The Bertz CT molecular complexity index is 878. The number of rotatable bonds is 2. The molecule has 2 aromatic carbocycles. The Balaban J connectivity index is 2.03. The molecule has 4 amide bonds. The number of imide groups is 2. The van der Waals surface area contributed by atoms with Crippen LogP contribution in [0.4, 0.5) is 14.9 Å². The van der Waals surface area contributed by atoms with Gasteiger partial charge in [-0.25, -0.2) is 14.1 Å². The van der Waals surface area contributed by atoms with Gasteiger partial charge in [0.25, 0.3) is 11.8 Å². The molecule has 5 nitrogen and oxygen atoms in total. The predicted octanol–water partition coefficient (Wildman–Crippen LogP) is 3.25. The number of benzene rings is 2. The van der Waals surface area contributed by atoms with Crippen molar-refractivity contribution in [1.82, 2.24) is 5.32 Å². The highest BCUT2D eigenvalue weighted by Gasteiger charge is 2.36. The summed E-state index contributed by atoms with van der Waals surface area (Å²) in [6.07, 6.45) is 1.39. The van der Waals surface area contributed by atoms with Gasteiger partial charge in [-0.05, 0) is 42.0 Å². The van der Waals surface area contributed by atoms with Gasteiger partial charge in [0.15, 0.2) is 0 Å². The number of anilines is 1. The van der Waals surface area contributed by atoms with Crippen LogP contribution in [0.15, 0.2) is 58.6 Å². The van der Waals surface area contributed by atoms with Gasteiger partial charge < -0.3 is 0 Å². The van der Waals surface area contributed by atoms with Crippen molar-refractivity contribution in [1.29, 1.82) is 0 Å². The number of hydrogen-bond acceptors (Lipinski definition) is 3. The molecule has 0 bridgehead atoms. The normalized spacial score (nSPS) is 16.5. The maximum absolute atomic E-state index is 13.0. The summed E-state index contributed by atoms with van der Waals surface area (Å²) in [6.45, 7) is 0. The third-order valence-corrected chi connectivity index (χ3v) is 4.11. The Morgan fingerprint density at radius 3 is 2.33 bits per heavy atom. The van der Waals surface area contributed by atoms with Crippen LogP contribution in [-0.2, 0) is 9.59 Å². The first kappa shape index (κ1) is 16.1. The van der Waals surface area contributed by atoms with Crippen molar-refractivity contribution in [3.63, 3.8) is 0 Å². The number of carbonyl (C=O) groups excluding carboxylic acids is 3. The van der Waals surface area contributed by atoms with Crippen LogP contribution in [0.2, 0.25) is 0 Å². The minimum Gasteiger partial charge on any atom is -0.273 e. The van der Waals surface area contributed by atoms with Gasteiger partial charge in [0.05, 0.1) is 5.69 Å². The van der Waals surface area contributed by atoms with Crippen molar-refractivity contribution in [3.8, 4) is 0 Å². The molecule has 1 aliphatic heterocycles. The largest absolute Gasteiger partial charge is 0.335 e. The third-order valence-electron chi connectivity index (χ3n) is 3.39. The number of hydrogen-bond donors (Lipinski definition) is 1. The molecular weight excluding hydrogens is 379 g/mol. The molecule has 1 N–H and O–H groups in total. The van der Waals surface area contributed by atoms with Crippen LogP contribution < -0.4 is 10.2 Å². The fourth-order valence-electron chi connectivity index (χ4n) is 2.23. The lowest BCUT2D eigenvalue weighted by Crippen LogP contribution is -2.54. The molecule has 0 saturated carbocycles. The van der Waals surface area contributed by atoms with Gasteiger partial charge in [0.1, 0.15) is 11.4 Å². The van der Waals surface area contributed by atoms with Crippen molar-refractivity contribution in [3.05, 3.63) is 70.0 Å². The highest BCUT2D eigenvalue weighted by atomic mass is 79.9. The number of carbonyl (C=O) groups is 3. The summed E-state index contributed by atoms with van der Waals surface area (Å²) >= 11 is 3.33. The number of barbiturate groups is 1. The standard InChI is InChI=1S/C17H10BrFN2O3/c18-14-4-2-1-3-10(14)9-13-15(22)20-17(24)21(16(13)23)12-7-5-11(19)6-8-12/h1-9H,(H,20,22,24)/b13-9-. The van der Waals surface area contributed by atoms with Gasteiger partial charge in [-0.2, -0.15) is 0 Å². The molecule has 7 heteroatoms. The van der Waals surface area contributed by atoms with E-state index in [4.69, 9.17) is 0 Å². The average Bonchev–Trinajstić information content (AvgIpc) is 2.54. The molecule has 0 aliphatic carbocycles. The van der Waals surface area contributed by atoms with E-state index in [9.17, 15) is 18.8 Å². The summed E-state index contributed by atoms with van der Waals surface area (Å²) in [7, 11) is 0. The Labute approximate surface area is 144 Å². The molecular formula is C17H10BrFN2O3. The van der Waals surface area contributed by atoms with Gasteiger partial charge in [0, 0.05) is 4.47 Å². The van der Waals surface area contributed by atoms with Gasteiger partial charge in [-0.1, -0.05) is 34.1 Å². The monoisotopic (exact) mass is 388 g/mol. The first-order valence-electron chi connectivity index (χ1n) is 6.89. The first-order valence-corrected chi connectivity index (χ1v) is 7.68.